The highest BCUT2D eigenvalue weighted by Crippen LogP contribution is 2.46. The van der Waals surface area contributed by atoms with Crippen LogP contribution in [-0.2, 0) is 43.0 Å². The van der Waals surface area contributed by atoms with Gasteiger partial charge in [-0.2, -0.15) is 0 Å². The zero-order valence-electron chi connectivity index (χ0n) is 20.2. The van der Waals surface area contributed by atoms with E-state index in [4.69, 9.17) is 9.47 Å². The molecule has 0 saturated carbocycles. The lowest BCUT2D eigenvalue weighted by Gasteiger charge is -2.27. The molecule has 6 aliphatic rings. The third-order valence-corrected chi connectivity index (χ3v) is 8.31. The Morgan fingerprint density at radius 1 is 0.730 bits per heavy atom. The largest absolute Gasteiger partial charge is 0.469 e. The van der Waals surface area contributed by atoms with Crippen LogP contribution in [0, 0.1) is 23.7 Å². The molecule has 0 aromatic carbocycles. The molecule has 0 aliphatic carbocycles. The highest BCUT2D eigenvalue weighted by molar-refractivity contribution is 6.07. The quantitative estimate of drug-likeness (QED) is 0.208. The molecule has 5 amide bonds. The van der Waals surface area contributed by atoms with Gasteiger partial charge >= 0.3 is 5.97 Å². The Balaban J connectivity index is 1.12. The predicted octanol–water partition coefficient (Wildman–Crippen LogP) is -1.35. The molecule has 12 heteroatoms. The number of carbonyl (C=O) groups excluding carboxylic acids is 6. The van der Waals surface area contributed by atoms with Gasteiger partial charge in [0.2, 0.25) is 29.5 Å². The van der Waals surface area contributed by atoms with Gasteiger partial charge in [-0.05, 0) is 0 Å². The molecule has 12 nitrogen and oxygen atoms in total. The van der Waals surface area contributed by atoms with Gasteiger partial charge in [0.1, 0.15) is 0 Å². The average molecular weight is 514 g/mol. The van der Waals surface area contributed by atoms with Crippen LogP contribution in [0.2, 0.25) is 0 Å². The van der Waals surface area contributed by atoms with Crippen molar-refractivity contribution in [3.05, 3.63) is 24.3 Å². The Labute approximate surface area is 212 Å². The number of esters is 1. The van der Waals surface area contributed by atoms with Crippen molar-refractivity contribution in [1.29, 1.82) is 0 Å². The normalized spacial score (nSPS) is 36.2. The van der Waals surface area contributed by atoms with Crippen molar-refractivity contribution in [3.63, 3.8) is 0 Å². The van der Waals surface area contributed by atoms with Crippen LogP contribution in [0.3, 0.4) is 0 Å². The van der Waals surface area contributed by atoms with Gasteiger partial charge in [-0.15, -0.1) is 0 Å². The van der Waals surface area contributed by atoms with Crippen molar-refractivity contribution in [3.8, 4) is 0 Å². The summed E-state index contributed by atoms with van der Waals surface area (Å²) in [5, 5.41) is 0. The number of hydrogen-bond acceptors (Lipinski definition) is 9. The predicted molar refractivity (Wildman–Crippen MR) is 121 cm³/mol. The first-order valence-electron chi connectivity index (χ1n) is 12.5. The minimum Gasteiger partial charge on any atom is -0.469 e. The molecule has 0 aromatic rings. The molecule has 4 saturated heterocycles. The summed E-state index contributed by atoms with van der Waals surface area (Å²) in [5.74, 6) is -4.43. The summed E-state index contributed by atoms with van der Waals surface area (Å²) in [6.07, 6.45) is 5.29. The van der Waals surface area contributed by atoms with Crippen molar-refractivity contribution >= 4 is 35.5 Å². The maximum absolute atomic E-state index is 13.0. The third kappa shape index (κ3) is 3.64. The molecule has 0 radical (unpaired) electrons. The molecule has 0 N–H and O–H groups in total. The lowest BCUT2D eigenvalue weighted by atomic mass is 9.85. The fourth-order valence-electron chi connectivity index (χ4n) is 6.44. The van der Waals surface area contributed by atoms with Crippen LogP contribution in [0.25, 0.3) is 0 Å². The number of hydrogen-bond donors (Lipinski definition) is 0. The molecular formula is C25H27N3O9. The number of likely N-dealkylation sites (tertiary alicyclic amines) is 2. The number of nitrogens with zero attached hydrogens (tertiary/aromatic N) is 3. The summed E-state index contributed by atoms with van der Waals surface area (Å²) >= 11 is 0. The van der Waals surface area contributed by atoms with Crippen LogP contribution in [0.5, 0.6) is 0 Å². The van der Waals surface area contributed by atoms with Gasteiger partial charge in [0.15, 0.2) is 0 Å². The maximum atomic E-state index is 13.0. The van der Waals surface area contributed by atoms with Crippen molar-refractivity contribution in [2.75, 3.05) is 33.3 Å². The van der Waals surface area contributed by atoms with Crippen molar-refractivity contribution in [2.45, 2.75) is 37.3 Å². The first kappa shape index (κ1) is 24.0. The average Bonchev–Trinajstić information content (AvgIpc) is 3.73. The minimum atomic E-state index is -0.547. The number of methoxy groups -OCH3 is 1. The van der Waals surface area contributed by atoms with E-state index in [0.29, 0.717) is 0 Å². The summed E-state index contributed by atoms with van der Waals surface area (Å²) in [7, 11) is 1.23. The van der Waals surface area contributed by atoms with Gasteiger partial charge in [0.25, 0.3) is 0 Å². The lowest BCUT2D eigenvalue weighted by Crippen LogP contribution is -2.46. The zero-order valence-corrected chi connectivity index (χ0v) is 20.2. The molecular weight excluding hydrogens is 486 g/mol. The Kier molecular flexibility index (Phi) is 5.75. The molecule has 6 aliphatic heterocycles. The number of imide groups is 2. The van der Waals surface area contributed by atoms with Crippen molar-refractivity contribution in [2.24, 2.45) is 23.7 Å². The Morgan fingerprint density at radius 3 is 1.46 bits per heavy atom. The van der Waals surface area contributed by atoms with Gasteiger partial charge in [-0.3, -0.25) is 38.6 Å². The molecule has 37 heavy (non-hydrogen) atoms. The summed E-state index contributed by atoms with van der Waals surface area (Å²) in [4.78, 5) is 80.2. The van der Waals surface area contributed by atoms with Crippen LogP contribution in [0.1, 0.15) is 12.8 Å². The molecule has 0 aromatic heterocycles. The number of rotatable bonds is 9. The van der Waals surface area contributed by atoms with Gasteiger partial charge in [-0.25, -0.2) is 0 Å². The maximum Gasteiger partial charge on any atom is 0.306 e. The van der Waals surface area contributed by atoms with E-state index in [1.165, 1.54) is 21.8 Å². The summed E-state index contributed by atoms with van der Waals surface area (Å²) in [5.41, 5.74) is 0. The standard InChI is InChI=1S/C25H27N3O9/c1-35-17(30)7-6-16(29)26(8-10-27-22(31)18-12-2-3-13(36-12)19(18)23(27)32)9-11-28-24(33)20-14-4-5-15(37-14)21(20)25(28)34/h2-5,12-15,18-21H,6-11H2,1H3. The van der Waals surface area contributed by atoms with E-state index in [2.05, 4.69) is 4.74 Å². The molecule has 8 unspecified atom stereocenters. The Hall–Kier alpha value is -3.38. The molecule has 8 atom stereocenters. The summed E-state index contributed by atoms with van der Waals surface area (Å²) < 4.78 is 15.9. The second-order valence-electron chi connectivity index (χ2n) is 10.1. The topological polar surface area (TPSA) is 140 Å². The van der Waals surface area contributed by atoms with Crippen LogP contribution in [0.4, 0.5) is 0 Å². The SMILES string of the molecule is COC(=O)CCC(=O)N(CCN1C(=O)C2C3C=CC(O3)C2C1=O)CCN1C(=O)C2C3C=CC(O3)C2C1=O. The third-order valence-electron chi connectivity index (χ3n) is 8.31. The van der Waals surface area contributed by atoms with E-state index >= 15 is 0 Å². The second kappa shape index (κ2) is 8.88. The van der Waals surface area contributed by atoms with Gasteiger partial charge in [0, 0.05) is 32.6 Å². The first-order valence-corrected chi connectivity index (χ1v) is 12.5. The summed E-state index contributed by atoms with van der Waals surface area (Å²) in [6.45, 7) is -0.0225. The van der Waals surface area contributed by atoms with Gasteiger partial charge < -0.3 is 19.1 Å². The van der Waals surface area contributed by atoms with Crippen LogP contribution in [0.15, 0.2) is 24.3 Å². The highest BCUT2D eigenvalue weighted by Gasteiger charge is 2.61. The van der Waals surface area contributed by atoms with Crippen molar-refractivity contribution < 1.29 is 43.0 Å². The molecule has 6 rings (SSSR count). The molecule has 0 spiro atoms. The molecule has 4 bridgehead atoms. The van der Waals surface area contributed by atoms with E-state index in [0.717, 1.165) is 0 Å². The van der Waals surface area contributed by atoms with Crippen LogP contribution >= 0.6 is 0 Å². The van der Waals surface area contributed by atoms with E-state index in [1.54, 1.807) is 24.3 Å². The minimum absolute atomic E-state index is 0.0134. The fraction of sp³-hybridized carbons (Fsp3) is 0.600. The number of ether oxygens (including phenoxy) is 3. The monoisotopic (exact) mass is 513 g/mol. The van der Waals surface area contributed by atoms with Gasteiger partial charge in [-0.1, -0.05) is 24.3 Å². The van der Waals surface area contributed by atoms with Crippen LogP contribution in [-0.4, -0.2) is 108 Å². The fourth-order valence-corrected chi connectivity index (χ4v) is 6.44. The highest BCUT2D eigenvalue weighted by atomic mass is 16.5. The van der Waals surface area contributed by atoms with E-state index in [1.807, 2.05) is 0 Å². The van der Waals surface area contributed by atoms with Crippen LogP contribution < -0.4 is 0 Å². The number of carbonyl (C=O) groups is 6. The summed E-state index contributed by atoms with van der Waals surface area (Å²) in [6, 6.07) is 0. The van der Waals surface area contributed by atoms with E-state index in [-0.39, 0.29) is 62.6 Å². The lowest BCUT2D eigenvalue weighted by molar-refractivity contribution is -0.145. The van der Waals surface area contributed by atoms with Gasteiger partial charge in [0.05, 0.1) is 61.6 Å². The molecule has 4 fully saturated rings. The second-order valence-corrected chi connectivity index (χ2v) is 10.1. The molecule has 6 heterocycles. The number of amides is 5. The van der Waals surface area contributed by atoms with E-state index in [9.17, 15) is 28.8 Å². The zero-order chi connectivity index (χ0) is 26.0. The Bertz CT molecular complexity index is 1020. The van der Waals surface area contributed by atoms with Crippen molar-refractivity contribution in [1.82, 2.24) is 14.7 Å². The Morgan fingerprint density at radius 2 is 1.11 bits per heavy atom. The van der Waals surface area contributed by atoms with E-state index < -0.39 is 60.0 Å². The number of fused-ring (bicyclic) bond motifs is 10. The molecule has 196 valence electrons. The smallest absolute Gasteiger partial charge is 0.306 e. The first-order chi connectivity index (χ1) is 17.8.